The molecule has 2 aliphatic rings. The standard InChI is InChI=1S/C20H26N4O3S/c1-3-17(16-5-4-15-8-13-27-18(15)14-16)23-9-11-24(12-10-23)19-6-7-20(22-21-19)28(2,25)26/h4-7,14,17H,3,8-13H2,1-2H3. The van der Waals surface area contributed by atoms with Crippen LogP contribution in [0, 0.1) is 0 Å². The average Bonchev–Trinajstić information content (AvgIpc) is 3.17. The summed E-state index contributed by atoms with van der Waals surface area (Å²) in [6.07, 6.45) is 3.19. The Balaban J connectivity index is 1.43. The number of rotatable bonds is 5. The third kappa shape index (κ3) is 3.84. The van der Waals surface area contributed by atoms with E-state index in [0.717, 1.165) is 63.5 Å². The van der Waals surface area contributed by atoms with Gasteiger partial charge in [-0.1, -0.05) is 19.1 Å². The van der Waals surface area contributed by atoms with E-state index in [4.69, 9.17) is 4.74 Å². The first kappa shape index (κ1) is 19.1. The first-order valence-electron chi connectivity index (χ1n) is 9.74. The molecule has 0 aliphatic carbocycles. The van der Waals surface area contributed by atoms with Crippen molar-refractivity contribution in [3.8, 4) is 5.75 Å². The van der Waals surface area contributed by atoms with Crippen LogP contribution in [-0.4, -0.2) is 62.6 Å². The molecule has 7 nitrogen and oxygen atoms in total. The Morgan fingerprint density at radius 2 is 1.89 bits per heavy atom. The van der Waals surface area contributed by atoms with Gasteiger partial charge in [0, 0.05) is 44.9 Å². The van der Waals surface area contributed by atoms with Crippen molar-refractivity contribution in [1.29, 1.82) is 0 Å². The molecular weight excluding hydrogens is 376 g/mol. The van der Waals surface area contributed by atoms with Crippen molar-refractivity contribution in [2.45, 2.75) is 30.8 Å². The largest absolute Gasteiger partial charge is 0.493 e. The molecule has 0 bridgehead atoms. The lowest BCUT2D eigenvalue weighted by Gasteiger charge is -2.39. The topological polar surface area (TPSA) is 75.6 Å². The van der Waals surface area contributed by atoms with Crippen molar-refractivity contribution in [1.82, 2.24) is 15.1 Å². The van der Waals surface area contributed by atoms with E-state index < -0.39 is 9.84 Å². The van der Waals surface area contributed by atoms with Crippen LogP contribution in [0.15, 0.2) is 35.4 Å². The summed E-state index contributed by atoms with van der Waals surface area (Å²) in [6.45, 7) is 6.53. The number of fused-ring (bicyclic) bond motifs is 1. The van der Waals surface area contributed by atoms with Crippen LogP contribution in [-0.2, 0) is 16.3 Å². The molecule has 0 radical (unpaired) electrons. The van der Waals surface area contributed by atoms with Crippen molar-refractivity contribution in [3.63, 3.8) is 0 Å². The van der Waals surface area contributed by atoms with Crippen molar-refractivity contribution in [3.05, 3.63) is 41.5 Å². The van der Waals surface area contributed by atoms with Gasteiger partial charge in [0.2, 0.25) is 0 Å². The monoisotopic (exact) mass is 402 g/mol. The molecule has 1 unspecified atom stereocenters. The van der Waals surface area contributed by atoms with Gasteiger partial charge in [-0.15, -0.1) is 10.2 Å². The van der Waals surface area contributed by atoms with Crippen LogP contribution < -0.4 is 9.64 Å². The summed E-state index contributed by atoms with van der Waals surface area (Å²) in [5, 5.41) is 8.00. The fraction of sp³-hybridized carbons (Fsp3) is 0.500. The van der Waals surface area contributed by atoms with Crippen molar-refractivity contribution >= 4 is 15.7 Å². The molecule has 8 heteroatoms. The average molecular weight is 403 g/mol. The zero-order valence-electron chi connectivity index (χ0n) is 16.3. The van der Waals surface area contributed by atoms with Gasteiger partial charge in [-0.3, -0.25) is 4.90 Å². The first-order valence-corrected chi connectivity index (χ1v) is 11.6. The molecule has 1 atom stereocenters. The van der Waals surface area contributed by atoms with Gasteiger partial charge in [0.1, 0.15) is 5.75 Å². The van der Waals surface area contributed by atoms with Gasteiger partial charge >= 0.3 is 0 Å². The van der Waals surface area contributed by atoms with E-state index in [1.807, 2.05) is 0 Å². The lowest BCUT2D eigenvalue weighted by molar-refractivity contribution is 0.180. The van der Waals surface area contributed by atoms with Crippen molar-refractivity contribution in [2.75, 3.05) is 43.9 Å². The van der Waals surface area contributed by atoms with E-state index in [1.165, 1.54) is 17.2 Å². The molecule has 1 fully saturated rings. The van der Waals surface area contributed by atoms with Crippen LogP contribution in [0.4, 0.5) is 5.82 Å². The first-order chi connectivity index (χ1) is 13.5. The van der Waals surface area contributed by atoms with Gasteiger partial charge in [0.25, 0.3) is 0 Å². The lowest BCUT2D eigenvalue weighted by Crippen LogP contribution is -2.48. The lowest BCUT2D eigenvalue weighted by atomic mass is 9.99. The Labute approximate surface area is 166 Å². The van der Waals surface area contributed by atoms with Crippen molar-refractivity contribution in [2.24, 2.45) is 0 Å². The summed E-state index contributed by atoms with van der Waals surface area (Å²) < 4.78 is 28.8. The molecule has 0 saturated carbocycles. The second-order valence-corrected chi connectivity index (χ2v) is 9.38. The molecule has 0 amide bonds. The van der Waals surface area contributed by atoms with Crippen molar-refractivity contribution < 1.29 is 13.2 Å². The summed E-state index contributed by atoms with van der Waals surface area (Å²) in [6, 6.07) is 10.3. The molecule has 2 aromatic rings. The Bertz CT molecular complexity index is 938. The predicted octanol–water partition coefficient (Wildman–Crippen LogP) is 2.09. The predicted molar refractivity (Wildman–Crippen MR) is 108 cm³/mol. The molecule has 0 N–H and O–H groups in total. The van der Waals surface area contributed by atoms with Crippen LogP contribution in [0.2, 0.25) is 0 Å². The minimum absolute atomic E-state index is 0.0137. The summed E-state index contributed by atoms with van der Waals surface area (Å²) in [5.74, 6) is 1.77. The van der Waals surface area contributed by atoms with Gasteiger partial charge in [0.15, 0.2) is 20.7 Å². The van der Waals surface area contributed by atoms with Gasteiger partial charge < -0.3 is 9.64 Å². The number of aromatic nitrogens is 2. The van der Waals surface area contributed by atoms with Crippen LogP contribution in [0.25, 0.3) is 0 Å². The van der Waals surface area contributed by atoms with Crippen LogP contribution >= 0.6 is 0 Å². The Morgan fingerprint density at radius 3 is 2.54 bits per heavy atom. The number of ether oxygens (including phenoxy) is 1. The second-order valence-electron chi connectivity index (χ2n) is 7.41. The quantitative estimate of drug-likeness (QED) is 0.758. The fourth-order valence-electron chi connectivity index (χ4n) is 4.04. The zero-order chi connectivity index (χ0) is 19.7. The number of anilines is 1. The van der Waals surface area contributed by atoms with E-state index in [2.05, 4.69) is 45.1 Å². The van der Waals surface area contributed by atoms with E-state index >= 15 is 0 Å². The number of piperazine rings is 1. The minimum atomic E-state index is -3.32. The minimum Gasteiger partial charge on any atom is -0.493 e. The molecule has 2 aliphatic heterocycles. The molecule has 3 heterocycles. The molecule has 1 aromatic heterocycles. The number of hydrogen-bond acceptors (Lipinski definition) is 7. The van der Waals surface area contributed by atoms with E-state index in [9.17, 15) is 8.42 Å². The maximum absolute atomic E-state index is 11.5. The number of sulfone groups is 1. The number of nitrogens with zero attached hydrogens (tertiary/aromatic N) is 4. The van der Waals surface area contributed by atoms with Crippen LogP contribution in [0.1, 0.15) is 30.5 Å². The molecule has 1 saturated heterocycles. The van der Waals surface area contributed by atoms with Gasteiger partial charge in [-0.2, -0.15) is 0 Å². The maximum Gasteiger partial charge on any atom is 0.194 e. The summed E-state index contributed by atoms with van der Waals surface area (Å²) in [4.78, 5) is 4.67. The Kier molecular flexibility index (Phi) is 5.25. The second kappa shape index (κ2) is 7.67. The van der Waals surface area contributed by atoms with Gasteiger partial charge in [-0.25, -0.2) is 8.42 Å². The van der Waals surface area contributed by atoms with Gasteiger partial charge in [-0.05, 0) is 35.7 Å². The number of benzene rings is 1. The SMILES string of the molecule is CCC(c1ccc2c(c1)OCC2)N1CCN(c2ccc(S(C)(=O)=O)nn2)CC1. The molecule has 4 rings (SSSR count). The molecule has 0 spiro atoms. The van der Waals surface area contributed by atoms with Gasteiger partial charge in [0.05, 0.1) is 6.61 Å². The summed E-state index contributed by atoms with van der Waals surface area (Å²) >= 11 is 0. The highest BCUT2D eigenvalue weighted by atomic mass is 32.2. The third-order valence-electron chi connectivity index (χ3n) is 5.58. The van der Waals surface area contributed by atoms with E-state index in [1.54, 1.807) is 6.07 Å². The van der Waals surface area contributed by atoms with E-state index in [0.29, 0.717) is 6.04 Å². The highest BCUT2D eigenvalue weighted by molar-refractivity contribution is 7.90. The number of hydrogen-bond donors (Lipinski definition) is 0. The summed E-state index contributed by atoms with van der Waals surface area (Å²) in [5.41, 5.74) is 2.62. The fourth-order valence-corrected chi connectivity index (χ4v) is 4.54. The van der Waals surface area contributed by atoms with E-state index in [-0.39, 0.29) is 5.03 Å². The summed E-state index contributed by atoms with van der Waals surface area (Å²) in [7, 11) is -3.32. The highest BCUT2D eigenvalue weighted by Gasteiger charge is 2.26. The zero-order valence-corrected chi connectivity index (χ0v) is 17.2. The molecular formula is C20H26N4O3S. The highest BCUT2D eigenvalue weighted by Crippen LogP contribution is 2.32. The van der Waals surface area contributed by atoms with Crippen LogP contribution in [0.3, 0.4) is 0 Å². The normalized spacial score (nSPS) is 18.6. The molecule has 28 heavy (non-hydrogen) atoms. The Morgan fingerprint density at radius 1 is 1.11 bits per heavy atom. The van der Waals surface area contributed by atoms with Crippen LogP contribution in [0.5, 0.6) is 5.75 Å². The maximum atomic E-state index is 11.5. The molecule has 1 aromatic carbocycles. The third-order valence-corrected chi connectivity index (χ3v) is 6.55. The smallest absolute Gasteiger partial charge is 0.194 e. The Hall–Kier alpha value is -2.19. The molecule has 150 valence electrons.